The third-order valence-corrected chi connectivity index (χ3v) is 6.97. The smallest absolute Gasteiger partial charge is 0.303 e. The molecule has 0 bridgehead atoms. The Morgan fingerprint density at radius 2 is 2.17 bits per heavy atom. The van der Waals surface area contributed by atoms with E-state index >= 15 is 0 Å². The van der Waals surface area contributed by atoms with Crippen molar-refractivity contribution in [3.05, 3.63) is 51.7 Å². The van der Waals surface area contributed by atoms with E-state index in [-0.39, 0.29) is 24.2 Å². The predicted molar refractivity (Wildman–Crippen MR) is 117 cm³/mol. The van der Waals surface area contributed by atoms with Gasteiger partial charge in [-0.3, -0.25) is 14.6 Å². The van der Waals surface area contributed by atoms with E-state index in [1.807, 2.05) is 28.5 Å². The Balaban J connectivity index is 1.55. The summed E-state index contributed by atoms with van der Waals surface area (Å²) >= 11 is 1.45. The minimum absolute atomic E-state index is 0.0412. The molecule has 1 N–H and O–H groups in total. The number of fused-ring (bicyclic) bond motifs is 1. The third-order valence-electron chi connectivity index (χ3n) is 6.11. The van der Waals surface area contributed by atoms with Gasteiger partial charge in [-0.05, 0) is 71.9 Å². The van der Waals surface area contributed by atoms with Crippen LogP contribution in [0.5, 0.6) is 5.75 Å². The minimum atomic E-state index is -0.779. The maximum Gasteiger partial charge on any atom is 0.303 e. The van der Waals surface area contributed by atoms with Gasteiger partial charge in [-0.15, -0.1) is 11.3 Å². The fraction of sp³-hybridized carbons (Fsp3) is 0.435. The molecule has 1 amide bonds. The standard InChI is InChI=1S/C23H26N2O4S/c1-29-18-4-5-19-16(11-18)6-8-24-20(19)12-17-14-25(9-7-15(17)13-22(26)27)23(28)21-3-2-10-30-21/h2-5,10-11,15,17H,6-9,12-14H2,1H3,(H,26,27). The Morgan fingerprint density at radius 1 is 1.30 bits per heavy atom. The lowest BCUT2D eigenvalue weighted by molar-refractivity contribution is -0.138. The number of hydrogen-bond donors (Lipinski definition) is 1. The molecule has 3 heterocycles. The van der Waals surface area contributed by atoms with Crippen LogP contribution in [0.25, 0.3) is 0 Å². The fourth-order valence-corrected chi connectivity index (χ4v) is 5.24. The molecule has 2 unspecified atom stereocenters. The van der Waals surface area contributed by atoms with Gasteiger partial charge < -0.3 is 14.7 Å². The van der Waals surface area contributed by atoms with Gasteiger partial charge in [-0.2, -0.15) is 0 Å². The number of aliphatic imine (C=N–C) groups is 1. The van der Waals surface area contributed by atoms with Crippen LogP contribution >= 0.6 is 11.3 Å². The molecule has 1 aromatic carbocycles. The molecule has 1 saturated heterocycles. The number of methoxy groups -OCH3 is 1. The van der Waals surface area contributed by atoms with Gasteiger partial charge in [0, 0.05) is 31.8 Å². The first-order valence-corrected chi connectivity index (χ1v) is 11.2. The van der Waals surface area contributed by atoms with Crippen LogP contribution in [-0.2, 0) is 11.2 Å². The van der Waals surface area contributed by atoms with Crippen molar-refractivity contribution in [3.8, 4) is 5.75 Å². The molecule has 2 aliphatic heterocycles. The van der Waals surface area contributed by atoms with Crippen LogP contribution in [0.15, 0.2) is 40.7 Å². The maximum atomic E-state index is 12.9. The van der Waals surface area contributed by atoms with Crippen molar-refractivity contribution in [3.63, 3.8) is 0 Å². The summed E-state index contributed by atoms with van der Waals surface area (Å²) in [6, 6.07) is 9.79. The lowest BCUT2D eigenvalue weighted by Gasteiger charge is -2.38. The number of carbonyl (C=O) groups is 2. The highest BCUT2D eigenvalue weighted by molar-refractivity contribution is 7.12. The van der Waals surface area contributed by atoms with E-state index < -0.39 is 5.97 Å². The number of thiophene rings is 1. The van der Waals surface area contributed by atoms with Crippen molar-refractivity contribution in [1.82, 2.24) is 4.90 Å². The second-order valence-electron chi connectivity index (χ2n) is 7.94. The van der Waals surface area contributed by atoms with Crippen LogP contribution in [0.3, 0.4) is 0 Å². The molecule has 7 heteroatoms. The normalized spacial score (nSPS) is 21.0. The number of aliphatic carboxylic acids is 1. The van der Waals surface area contributed by atoms with E-state index in [1.165, 1.54) is 16.9 Å². The molecule has 30 heavy (non-hydrogen) atoms. The molecule has 2 atom stereocenters. The van der Waals surface area contributed by atoms with E-state index in [2.05, 4.69) is 12.1 Å². The lowest BCUT2D eigenvalue weighted by atomic mass is 9.78. The van der Waals surface area contributed by atoms with Crippen LogP contribution in [0.2, 0.25) is 0 Å². The van der Waals surface area contributed by atoms with Gasteiger partial charge in [0.1, 0.15) is 5.75 Å². The van der Waals surface area contributed by atoms with Gasteiger partial charge >= 0.3 is 5.97 Å². The molecule has 0 radical (unpaired) electrons. The van der Waals surface area contributed by atoms with E-state index in [1.54, 1.807) is 7.11 Å². The number of benzene rings is 1. The zero-order valence-corrected chi connectivity index (χ0v) is 17.9. The summed E-state index contributed by atoms with van der Waals surface area (Å²) in [6.07, 6.45) is 2.40. The average Bonchev–Trinajstić information content (AvgIpc) is 3.29. The Hall–Kier alpha value is -2.67. The summed E-state index contributed by atoms with van der Waals surface area (Å²) in [5.74, 6) is 0.217. The number of likely N-dealkylation sites (tertiary alicyclic amines) is 1. The number of piperidine rings is 1. The first-order chi connectivity index (χ1) is 14.5. The largest absolute Gasteiger partial charge is 0.497 e. The highest BCUT2D eigenvalue weighted by Crippen LogP contribution is 2.33. The van der Waals surface area contributed by atoms with Crippen molar-refractivity contribution >= 4 is 28.9 Å². The molecule has 158 valence electrons. The second kappa shape index (κ2) is 9.00. The molecule has 2 aliphatic rings. The van der Waals surface area contributed by atoms with Crippen LogP contribution < -0.4 is 4.74 Å². The highest BCUT2D eigenvalue weighted by atomic mass is 32.1. The van der Waals surface area contributed by atoms with E-state index in [4.69, 9.17) is 9.73 Å². The molecule has 1 fully saturated rings. The zero-order valence-electron chi connectivity index (χ0n) is 17.0. The number of carbonyl (C=O) groups excluding carboxylic acids is 1. The molecule has 4 rings (SSSR count). The minimum Gasteiger partial charge on any atom is -0.497 e. The predicted octanol–water partition coefficient (Wildman–Crippen LogP) is 3.75. The molecule has 0 saturated carbocycles. The first kappa shape index (κ1) is 20.6. The van der Waals surface area contributed by atoms with Gasteiger partial charge in [0.25, 0.3) is 5.91 Å². The summed E-state index contributed by atoms with van der Waals surface area (Å²) in [5.41, 5.74) is 3.36. The Labute approximate surface area is 180 Å². The molecular formula is C23H26N2O4S. The van der Waals surface area contributed by atoms with E-state index in [0.29, 0.717) is 25.9 Å². The SMILES string of the molecule is COc1ccc2c(c1)CCN=C2CC1CN(C(=O)c2cccs2)CCC1CC(=O)O. The topological polar surface area (TPSA) is 79.2 Å². The monoisotopic (exact) mass is 426 g/mol. The molecule has 0 spiro atoms. The van der Waals surface area contributed by atoms with Gasteiger partial charge in [0.05, 0.1) is 12.0 Å². The maximum absolute atomic E-state index is 12.9. The molecule has 1 aromatic heterocycles. The number of hydrogen-bond acceptors (Lipinski definition) is 5. The van der Waals surface area contributed by atoms with Crippen molar-refractivity contribution in [2.24, 2.45) is 16.8 Å². The van der Waals surface area contributed by atoms with E-state index in [9.17, 15) is 14.7 Å². The molecular weight excluding hydrogens is 400 g/mol. The van der Waals surface area contributed by atoms with E-state index in [0.717, 1.165) is 34.9 Å². The Bertz CT molecular complexity index is 954. The number of rotatable bonds is 6. The molecule has 2 aromatic rings. The first-order valence-electron chi connectivity index (χ1n) is 10.3. The van der Waals surface area contributed by atoms with Crippen molar-refractivity contribution in [2.75, 3.05) is 26.7 Å². The van der Waals surface area contributed by atoms with Gasteiger partial charge in [0.2, 0.25) is 0 Å². The number of carboxylic acids is 1. The third kappa shape index (κ3) is 4.41. The van der Waals surface area contributed by atoms with Gasteiger partial charge in [-0.25, -0.2) is 0 Å². The number of carboxylic acid groups (broad SMARTS) is 1. The number of amides is 1. The quantitative estimate of drug-likeness (QED) is 0.763. The number of nitrogens with zero attached hydrogens (tertiary/aromatic N) is 2. The summed E-state index contributed by atoms with van der Waals surface area (Å²) in [5, 5.41) is 11.3. The van der Waals surface area contributed by atoms with Crippen LogP contribution in [0.1, 0.15) is 40.1 Å². The summed E-state index contributed by atoms with van der Waals surface area (Å²) in [4.78, 5) is 31.7. The highest BCUT2D eigenvalue weighted by Gasteiger charge is 2.34. The van der Waals surface area contributed by atoms with Crippen LogP contribution in [-0.4, -0.2) is 54.3 Å². The summed E-state index contributed by atoms with van der Waals surface area (Å²) in [6.45, 7) is 1.90. The Morgan fingerprint density at radius 3 is 2.90 bits per heavy atom. The van der Waals surface area contributed by atoms with Crippen molar-refractivity contribution in [1.29, 1.82) is 0 Å². The van der Waals surface area contributed by atoms with Crippen LogP contribution in [0, 0.1) is 11.8 Å². The van der Waals surface area contributed by atoms with Crippen molar-refractivity contribution in [2.45, 2.75) is 25.7 Å². The fourth-order valence-electron chi connectivity index (χ4n) is 4.55. The zero-order chi connectivity index (χ0) is 21.1. The van der Waals surface area contributed by atoms with Crippen molar-refractivity contribution < 1.29 is 19.4 Å². The summed E-state index contributed by atoms with van der Waals surface area (Å²) < 4.78 is 5.35. The second-order valence-corrected chi connectivity index (χ2v) is 8.89. The average molecular weight is 427 g/mol. The Kier molecular flexibility index (Phi) is 6.18. The van der Waals surface area contributed by atoms with Crippen LogP contribution in [0.4, 0.5) is 0 Å². The molecule has 6 nitrogen and oxygen atoms in total. The number of ether oxygens (including phenoxy) is 1. The van der Waals surface area contributed by atoms with Gasteiger partial charge in [0.15, 0.2) is 0 Å². The lowest BCUT2D eigenvalue weighted by Crippen LogP contribution is -2.45. The van der Waals surface area contributed by atoms with Gasteiger partial charge in [-0.1, -0.05) is 6.07 Å². The molecule has 0 aliphatic carbocycles. The summed E-state index contributed by atoms with van der Waals surface area (Å²) in [7, 11) is 1.66.